The fourth-order valence-electron chi connectivity index (χ4n) is 3.71. The quantitative estimate of drug-likeness (QED) is 0.166. The molecule has 3 atom stereocenters. The number of hydrogen-bond acceptors (Lipinski definition) is 11. The van der Waals surface area contributed by atoms with Crippen molar-refractivity contribution in [3.05, 3.63) is 62.7 Å². The SMILES string of the molecule is NS(=O)(=O)OC[C@H]1C[C@@H](Nc2ncncc2C(=O)c2cc(Sc3cccc(Cl)c3)c(Cl)s2)C[C@@H]1O.P=S.[Ti]. The van der Waals surface area contributed by atoms with Crippen LogP contribution in [0, 0.1) is 5.92 Å². The van der Waals surface area contributed by atoms with Crippen LogP contribution in [0.15, 0.2) is 52.6 Å². The summed E-state index contributed by atoms with van der Waals surface area (Å²) in [6.45, 7) is -0.228. The summed E-state index contributed by atoms with van der Waals surface area (Å²) in [6.07, 6.45) is 2.66. The van der Waals surface area contributed by atoms with Crippen LogP contribution in [0.5, 0.6) is 0 Å². The van der Waals surface area contributed by atoms with Crippen LogP contribution >= 0.6 is 54.3 Å². The van der Waals surface area contributed by atoms with Crippen molar-refractivity contribution in [2.45, 2.75) is 34.8 Å². The standard InChI is InChI=1S/C21H20Cl2N4O5S3.HPS.Ti/c22-12-2-1-3-14(5-12)33-18-7-17(34-20(18)23)19(29)15-8-25-10-26-21(15)27-13-4-11(16(28)6-13)9-32-35(24,30)31;1-2;/h1-3,5,7-8,10-11,13,16,28H,4,6,9H2,(H2,24,30,31)(H,25,26,27);1H;/t11-,13-,16+;;/m1../s1. The molecule has 1 fully saturated rings. The maximum absolute atomic E-state index is 13.3. The van der Waals surface area contributed by atoms with Gasteiger partial charge < -0.3 is 10.4 Å². The number of ketones is 1. The summed E-state index contributed by atoms with van der Waals surface area (Å²) in [5.74, 6) is -0.427. The average Bonchev–Trinajstić information content (AvgIpc) is 3.40. The Hall–Kier alpha value is -0.536. The zero-order valence-corrected chi connectivity index (χ0v) is 26.7. The van der Waals surface area contributed by atoms with Gasteiger partial charge in [0.05, 0.1) is 23.2 Å². The Bertz CT molecular complexity index is 1370. The van der Waals surface area contributed by atoms with Gasteiger partial charge >= 0.3 is 10.3 Å². The van der Waals surface area contributed by atoms with Gasteiger partial charge in [-0.25, -0.2) is 15.1 Å². The van der Waals surface area contributed by atoms with Gasteiger partial charge in [0.15, 0.2) is 0 Å². The Morgan fingerprint density at radius 3 is 2.74 bits per heavy atom. The third kappa shape index (κ3) is 9.54. The maximum atomic E-state index is 13.3. The molecule has 0 saturated heterocycles. The molecule has 0 spiro atoms. The van der Waals surface area contributed by atoms with Crippen LogP contribution in [-0.2, 0) is 48.0 Å². The first-order valence-corrected chi connectivity index (χ1v) is 16.0. The van der Waals surface area contributed by atoms with E-state index in [1.54, 1.807) is 12.1 Å². The molecule has 1 saturated carbocycles. The van der Waals surface area contributed by atoms with Crippen LogP contribution in [-0.4, -0.2) is 48.0 Å². The van der Waals surface area contributed by atoms with E-state index in [1.165, 1.54) is 24.3 Å². The molecule has 0 amide bonds. The Labute approximate surface area is 260 Å². The van der Waals surface area contributed by atoms with Crippen LogP contribution in [0.1, 0.15) is 28.1 Å². The molecule has 4 rings (SSSR count). The molecular weight excluding hydrogens is 666 g/mol. The van der Waals surface area contributed by atoms with Gasteiger partial charge in [0.2, 0.25) is 5.78 Å². The number of aliphatic hydroxyl groups is 1. The summed E-state index contributed by atoms with van der Waals surface area (Å²) < 4.78 is 27.2. The summed E-state index contributed by atoms with van der Waals surface area (Å²) >= 11 is 18.9. The number of nitrogens with two attached hydrogens (primary N) is 1. The van der Waals surface area contributed by atoms with Gasteiger partial charge in [-0.1, -0.05) is 52.8 Å². The zero-order chi connectivity index (χ0) is 27.2. The van der Waals surface area contributed by atoms with E-state index in [0.717, 1.165) is 21.1 Å². The van der Waals surface area contributed by atoms with Gasteiger partial charge in [0, 0.05) is 54.7 Å². The van der Waals surface area contributed by atoms with E-state index in [0.29, 0.717) is 32.9 Å². The number of anilines is 1. The predicted octanol–water partition coefficient (Wildman–Crippen LogP) is 4.59. The van der Waals surface area contributed by atoms with E-state index >= 15 is 0 Å². The largest absolute Gasteiger partial charge is 0.393 e. The van der Waals surface area contributed by atoms with Crippen molar-refractivity contribution in [3.63, 3.8) is 0 Å². The van der Waals surface area contributed by atoms with E-state index in [2.05, 4.69) is 39.3 Å². The summed E-state index contributed by atoms with van der Waals surface area (Å²) in [6, 6.07) is 8.78. The number of aromatic nitrogens is 2. The van der Waals surface area contributed by atoms with Crippen LogP contribution < -0.4 is 10.5 Å². The molecule has 1 aromatic carbocycles. The van der Waals surface area contributed by atoms with Crippen LogP contribution in [0.4, 0.5) is 5.82 Å². The van der Waals surface area contributed by atoms with Crippen molar-refractivity contribution in [3.8, 4) is 0 Å². The molecule has 4 N–H and O–H groups in total. The number of benzene rings is 1. The predicted molar refractivity (Wildman–Crippen MR) is 151 cm³/mol. The number of nitrogens with zero attached hydrogens (tertiary/aromatic N) is 2. The summed E-state index contributed by atoms with van der Waals surface area (Å²) in [5, 5.41) is 18.9. The molecule has 1 aliphatic carbocycles. The molecule has 3 aromatic rings. The number of carbonyl (C=O) groups excluding carboxylic acids is 1. The second-order valence-corrected chi connectivity index (χ2v) is 12.3. The number of carbonyl (C=O) groups is 1. The smallest absolute Gasteiger partial charge is 0.333 e. The number of hydrogen-bond donors (Lipinski definition) is 3. The Morgan fingerprint density at radius 2 is 2.05 bits per heavy atom. The number of aliphatic hydroxyl groups excluding tert-OH is 1. The molecule has 38 heavy (non-hydrogen) atoms. The third-order valence-corrected chi connectivity index (χ3v) is 8.63. The number of thiophene rings is 1. The zero-order valence-electron chi connectivity index (χ0n) is 19.3. The second-order valence-electron chi connectivity index (χ2n) is 7.84. The maximum Gasteiger partial charge on any atom is 0.333 e. The van der Waals surface area contributed by atoms with Gasteiger partial charge in [-0.3, -0.25) is 8.98 Å². The van der Waals surface area contributed by atoms with Gasteiger partial charge in [0.1, 0.15) is 16.5 Å². The molecule has 202 valence electrons. The Balaban J connectivity index is 0.00000165. The topological polar surface area (TPSA) is 144 Å². The molecule has 0 unspecified atom stereocenters. The monoisotopic (exact) mass is 686 g/mol. The fourth-order valence-corrected chi connectivity index (χ4v) is 6.65. The molecule has 1 aliphatic rings. The van der Waals surface area contributed by atoms with E-state index in [4.69, 9.17) is 28.3 Å². The van der Waals surface area contributed by atoms with Crippen LogP contribution in [0.2, 0.25) is 9.36 Å². The molecule has 0 radical (unpaired) electrons. The number of halogens is 2. The summed E-state index contributed by atoms with van der Waals surface area (Å²) in [4.78, 5) is 23.5. The summed E-state index contributed by atoms with van der Waals surface area (Å²) in [7, 11) is -1.54. The van der Waals surface area contributed by atoms with Gasteiger partial charge in [-0.2, -0.15) is 8.42 Å². The van der Waals surface area contributed by atoms with E-state index in [9.17, 15) is 18.3 Å². The molecule has 9 nitrogen and oxygen atoms in total. The Morgan fingerprint density at radius 1 is 1.32 bits per heavy atom. The fraction of sp³-hybridized carbons (Fsp3) is 0.286. The van der Waals surface area contributed by atoms with Crippen molar-refractivity contribution >= 4 is 88.0 Å². The van der Waals surface area contributed by atoms with E-state index in [1.807, 2.05) is 18.2 Å². The minimum Gasteiger partial charge on any atom is -0.393 e. The Kier molecular flexibility index (Phi) is 13.7. The third-order valence-electron chi connectivity index (χ3n) is 5.30. The first-order chi connectivity index (χ1) is 17.6. The summed E-state index contributed by atoms with van der Waals surface area (Å²) in [5.41, 5.74) is 0.253. The second kappa shape index (κ2) is 15.5. The molecule has 0 aliphatic heterocycles. The molecule has 2 heterocycles. The number of rotatable bonds is 9. The molecule has 17 heteroatoms. The number of nitrogens with one attached hydrogen (secondary N) is 1. The molecular formula is C21H21Cl2N4O5PS4Ti. The first kappa shape index (κ1) is 33.7. The van der Waals surface area contributed by atoms with Crippen molar-refractivity contribution in [2.75, 3.05) is 11.9 Å². The minimum atomic E-state index is -4.10. The van der Waals surface area contributed by atoms with Crippen LogP contribution in [0.25, 0.3) is 0 Å². The van der Waals surface area contributed by atoms with Crippen molar-refractivity contribution in [1.82, 2.24) is 9.97 Å². The van der Waals surface area contributed by atoms with Gasteiger partial charge in [-0.05, 0) is 45.1 Å². The molecule has 0 bridgehead atoms. The van der Waals surface area contributed by atoms with E-state index in [-0.39, 0.29) is 45.7 Å². The normalized spacial score (nSPS) is 18.7. The minimum absolute atomic E-state index is 0. The van der Waals surface area contributed by atoms with Crippen molar-refractivity contribution < 1.29 is 44.2 Å². The van der Waals surface area contributed by atoms with Crippen molar-refractivity contribution in [2.24, 2.45) is 11.1 Å². The van der Waals surface area contributed by atoms with Gasteiger partial charge in [0.25, 0.3) is 0 Å². The first-order valence-electron chi connectivity index (χ1n) is 10.5. The van der Waals surface area contributed by atoms with Crippen LogP contribution in [0.3, 0.4) is 0 Å². The van der Waals surface area contributed by atoms with E-state index < -0.39 is 22.3 Å². The van der Waals surface area contributed by atoms with Gasteiger partial charge in [-0.15, -0.1) is 11.3 Å². The molecule has 2 aromatic heterocycles. The average molecular weight is 687 g/mol. The van der Waals surface area contributed by atoms with Crippen molar-refractivity contribution in [1.29, 1.82) is 0 Å².